The van der Waals surface area contributed by atoms with Crippen LogP contribution in [0.15, 0.2) is 9.59 Å². The number of aromatic amines is 2. The van der Waals surface area contributed by atoms with Gasteiger partial charge in [0.1, 0.15) is 0 Å². The first-order valence-electron chi connectivity index (χ1n) is 3.81. The van der Waals surface area contributed by atoms with Gasteiger partial charge in [0, 0.05) is 13.1 Å². The molecule has 1 rings (SSSR count). The number of aromatic nitrogens is 3. The third-order valence-electron chi connectivity index (χ3n) is 1.38. The van der Waals surface area contributed by atoms with Crippen molar-refractivity contribution in [3.63, 3.8) is 0 Å². The van der Waals surface area contributed by atoms with Crippen LogP contribution in [0.3, 0.4) is 0 Å². The van der Waals surface area contributed by atoms with Crippen molar-refractivity contribution in [1.29, 1.82) is 0 Å². The molecule has 0 amide bonds. The first kappa shape index (κ1) is 9.46. The molecule has 0 aliphatic heterocycles. The van der Waals surface area contributed by atoms with Crippen LogP contribution >= 0.6 is 0 Å². The van der Waals surface area contributed by atoms with Crippen LogP contribution in [0.4, 0.5) is 5.82 Å². The minimum atomic E-state index is -0.607. The fourth-order valence-electron chi connectivity index (χ4n) is 0.773. The summed E-state index contributed by atoms with van der Waals surface area (Å²) in [7, 11) is 1.80. The Labute approximate surface area is 73.6 Å². The quantitative estimate of drug-likeness (QED) is 0.410. The van der Waals surface area contributed by atoms with E-state index >= 15 is 0 Å². The predicted octanol–water partition coefficient (Wildman–Crippen LogP) is -1.91. The van der Waals surface area contributed by atoms with Gasteiger partial charge in [-0.2, -0.15) is 0 Å². The maximum absolute atomic E-state index is 11.0. The summed E-state index contributed by atoms with van der Waals surface area (Å²) in [5.74, 6) is 0.120. The number of likely N-dealkylation sites (N-methyl/N-ethyl adjacent to an activating group) is 1. The third kappa shape index (κ3) is 2.71. The summed E-state index contributed by atoms with van der Waals surface area (Å²) in [6.07, 6.45) is 0. The summed E-state index contributed by atoms with van der Waals surface area (Å²) in [6.45, 7) is 1.28. The zero-order valence-corrected chi connectivity index (χ0v) is 7.18. The van der Waals surface area contributed by atoms with Crippen molar-refractivity contribution in [2.75, 3.05) is 25.5 Å². The first-order chi connectivity index (χ1) is 6.24. The molecule has 0 aliphatic rings. The highest BCUT2D eigenvalue weighted by Crippen LogP contribution is 1.83. The molecule has 0 atom stereocenters. The fourth-order valence-corrected chi connectivity index (χ4v) is 0.773. The molecule has 72 valence electrons. The van der Waals surface area contributed by atoms with Gasteiger partial charge in [-0.15, -0.1) is 5.10 Å². The van der Waals surface area contributed by atoms with Crippen LogP contribution < -0.4 is 21.9 Å². The van der Waals surface area contributed by atoms with E-state index in [9.17, 15) is 9.59 Å². The van der Waals surface area contributed by atoms with Crippen molar-refractivity contribution in [3.8, 4) is 0 Å². The van der Waals surface area contributed by atoms with E-state index in [1.807, 2.05) is 0 Å². The van der Waals surface area contributed by atoms with Crippen molar-refractivity contribution in [1.82, 2.24) is 20.5 Å². The van der Waals surface area contributed by atoms with Crippen molar-refractivity contribution < 1.29 is 0 Å². The predicted molar refractivity (Wildman–Crippen MR) is 47.9 cm³/mol. The molecule has 0 unspecified atom stereocenters. The molecule has 0 bridgehead atoms. The second-order valence-corrected chi connectivity index (χ2v) is 2.39. The van der Waals surface area contributed by atoms with E-state index in [0.717, 1.165) is 0 Å². The Morgan fingerprint density at radius 3 is 2.77 bits per heavy atom. The van der Waals surface area contributed by atoms with Gasteiger partial charge < -0.3 is 10.6 Å². The second-order valence-electron chi connectivity index (χ2n) is 2.39. The number of hydrogen-bond acceptors (Lipinski definition) is 5. The molecule has 0 saturated carbocycles. The van der Waals surface area contributed by atoms with E-state index in [-0.39, 0.29) is 5.82 Å². The highest BCUT2D eigenvalue weighted by atomic mass is 16.2. The number of anilines is 1. The minimum Gasteiger partial charge on any atom is -0.363 e. The Balaban J connectivity index is 2.67. The maximum Gasteiger partial charge on any atom is 0.342 e. The van der Waals surface area contributed by atoms with Crippen molar-refractivity contribution in [2.24, 2.45) is 0 Å². The summed E-state index contributed by atoms with van der Waals surface area (Å²) < 4.78 is 0. The summed E-state index contributed by atoms with van der Waals surface area (Å²) in [4.78, 5) is 23.6. The van der Waals surface area contributed by atoms with Gasteiger partial charge in [0.05, 0.1) is 0 Å². The molecule has 0 fully saturated rings. The second kappa shape index (κ2) is 4.41. The van der Waals surface area contributed by atoms with Crippen molar-refractivity contribution in [3.05, 3.63) is 20.8 Å². The molecule has 7 heteroatoms. The van der Waals surface area contributed by atoms with Crippen LogP contribution in [0, 0.1) is 0 Å². The SMILES string of the molecule is CNCCNc1n[nH]c(=O)[nH]c1=O. The lowest BCUT2D eigenvalue weighted by Gasteiger charge is -2.01. The monoisotopic (exact) mass is 185 g/mol. The average Bonchev–Trinajstić information content (AvgIpc) is 2.09. The zero-order valence-electron chi connectivity index (χ0n) is 7.18. The lowest BCUT2D eigenvalue weighted by molar-refractivity contribution is 0.809. The molecule has 0 spiro atoms. The number of nitrogens with zero attached hydrogens (tertiary/aromatic N) is 1. The van der Waals surface area contributed by atoms with Gasteiger partial charge in [0.25, 0.3) is 5.56 Å². The molecule has 1 aromatic heterocycles. The topological polar surface area (TPSA) is 103 Å². The van der Waals surface area contributed by atoms with E-state index in [4.69, 9.17) is 0 Å². The molecule has 13 heavy (non-hydrogen) atoms. The minimum absolute atomic E-state index is 0.120. The summed E-state index contributed by atoms with van der Waals surface area (Å²) >= 11 is 0. The summed E-state index contributed by atoms with van der Waals surface area (Å²) in [6, 6.07) is 0. The van der Waals surface area contributed by atoms with Crippen molar-refractivity contribution >= 4 is 5.82 Å². The Bertz CT molecular complexity index is 368. The molecule has 7 nitrogen and oxygen atoms in total. The molecule has 0 saturated heterocycles. The number of H-pyrrole nitrogens is 2. The Hall–Kier alpha value is -1.63. The fraction of sp³-hybridized carbons (Fsp3) is 0.500. The standard InChI is InChI=1S/C6H11N5O2/c1-7-2-3-8-4-5(12)9-6(13)11-10-4/h7H,2-3H2,1H3,(H,8,10)(H2,9,11,12,13). The molecular formula is C6H11N5O2. The highest BCUT2D eigenvalue weighted by Gasteiger charge is 1.98. The van der Waals surface area contributed by atoms with Crippen LogP contribution in [0.25, 0.3) is 0 Å². The van der Waals surface area contributed by atoms with Crippen LogP contribution in [0.5, 0.6) is 0 Å². The number of hydrogen-bond donors (Lipinski definition) is 4. The van der Waals surface area contributed by atoms with Gasteiger partial charge in [-0.3, -0.25) is 9.78 Å². The van der Waals surface area contributed by atoms with Gasteiger partial charge >= 0.3 is 5.69 Å². The number of nitrogens with one attached hydrogen (secondary N) is 4. The van der Waals surface area contributed by atoms with E-state index in [0.29, 0.717) is 13.1 Å². The zero-order chi connectivity index (χ0) is 9.68. The largest absolute Gasteiger partial charge is 0.363 e. The smallest absolute Gasteiger partial charge is 0.342 e. The van der Waals surface area contributed by atoms with E-state index in [1.165, 1.54) is 0 Å². The first-order valence-corrected chi connectivity index (χ1v) is 3.81. The average molecular weight is 185 g/mol. The Morgan fingerprint density at radius 2 is 2.15 bits per heavy atom. The van der Waals surface area contributed by atoms with Gasteiger partial charge in [-0.1, -0.05) is 0 Å². The van der Waals surface area contributed by atoms with Gasteiger partial charge in [0.2, 0.25) is 5.82 Å². The molecular weight excluding hydrogens is 174 g/mol. The molecule has 0 aliphatic carbocycles. The Kier molecular flexibility index (Phi) is 3.21. The van der Waals surface area contributed by atoms with Crippen LogP contribution in [0.1, 0.15) is 0 Å². The third-order valence-corrected chi connectivity index (χ3v) is 1.38. The molecule has 0 aromatic carbocycles. The summed E-state index contributed by atoms with van der Waals surface area (Å²) in [5.41, 5.74) is -1.12. The van der Waals surface area contributed by atoms with Crippen LogP contribution in [-0.4, -0.2) is 35.3 Å². The van der Waals surface area contributed by atoms with E-state index in [1.54, 1.807) is 7.05 Å². The van der Waals surface area contributed by atoms with E-state index in [2.05, 4.69) is 25.8 Å². The molecule has 1 heterocycles. The highest BCUT2D eigenvalue weighted by molar-refractivity contribution is 5.28. The van der Waals surface area contributed by atoms with Crippen LogP contribution in [-0.2, 0) is 0 Å². The van der Waals surface area contributed by atoms with E-state index < -0.39 is 11.2 Å². The maximum atomic E-state index is 11.0. The lowest BCUT2D eigenvalue weighted by Crippen LogP contribution is -2.29. The van der Waals surface area contributed by atoms with Gasteiger partial charge in [-0.25, -0.2) is 9.89 Å². The molecule has 4 N–H and O–H groups in total. The van der Waals surface area contributed by atoms with Crippen molar-refractivity contribution in [2.45, 2.75) is 0 Å². The number of rotatable bonds is 4. The normalized spacial score (nSPS) is 9.92. The molecule has 1 aromatic rings. The molecule has 0 radical (unpaired) electrons. The van der Waals surface area contributed by atoms with Gasteiger partial charge in [-0.05, 0) is 7.05 Å². The van der Waals surface area contributed by atoms with Gasteiger partial charge in [0.15, 0.2) is 0 Å². The summed E-state index contributed by atoms with van der Waals surface area (Å²) in [5, 5.41) is 11.3. The lowest BCUT2D eigenvalue weighted by atomic mass is 10.6. The Morgan fingerprint density at radius 1 is 1.38 bits per heavy atom. The van der Waals surface area contributed by atoms with Crippen LogP contribution in [0.2, 0.25) is 0 Å².